The molecule has 2 rings (SSSR count). The van der Waals surface area contributed by atoms with Gasteiger partial charge < -0.3 is 4.90 Å². The van der Waals surface area contributed by atoms with Gasteiger partial charge in [-0.15, -0.1) is 0 Å². The molecule has 1 aromatic carbocycles. The fourth-order valence-corrected chi connectivity index (χ4v) is 4.05. The van der Waals surface area contributed by atoms with E-state index >= 15 is 0 Å². The molecule has 16 heavy (non-hydrogen) atoms. The van der Waals surface area contributed by atoms with E-state index in [4.69, 9.17) is 30.1 Å². The van der Waals surface area contributed by atoms with Crippen molar-refractivity contribution in [3.63, 3.8) is 0 Å². The van der Waals surface area contributed by atoms with E-state index in [0.717, 1.165) is 5.69 Å². The summed E-state index contributed by atoms with van der Waals surface area (Å²) in [6, 6.07) is 6.20. The van der Waals surface area contributed by atoms with Crippen molar-refractivity contribution in [2.75, 3.05) is 19.0 Å². The van der Waals surface area contributed by atoms with Gasteiger partial charge in [-0.05, 0) is 39.7 Å². The Hall–Kier alpha value is 1.01. The maximum atomic E-state index is 5.92. The molecular formula is C8H9Cl3N2S2Zn. The van der Waals surface area contributed by atoms with Crippen molar-refractivity contribution in [1.29, 1.82) is 0 Å². The maximum absolute atomic E-state index is 5.92. The van der Waals surface area contributed by atoms with E-state index in [1.807, 2.05) is 20.2 Å². The van der Waals surface area contributed by atoms with Gasteiger partial charge in [-0.2, -0.15) is 0 Å². The number of hydrogen-bond acceptors (Lipinski definition) is 3. The fourth-order valence-electron chi connectivity index (χ4n) is 1.09. The summed E-state index contributed by atoms with van der Waals surface area (Å²) >= 11 is -0.931. The van der Waals surface area contributed by atoms with Crippen LogP contribution in [-0.4, -0.2) is 14.1 Å². The summed E-state index contributed by atoms with van der Waals surface area (Å²) in [5, 5.41) is 0. The van der Waals surface area contributed by atoms with Crippen LogP contribution in [0.3, 0.4) is 0 Å². The Labute approximate surface area is 122 Å². The Kier molecular flexibility index (Phi) is 7.02. The van der Waals surface area contributed by atoms with Crippen molar-refractivity contribution in [1.82, 2.24) is 0 Å². The molecule has 86 valence electrons. The molecule has 0 radical (unpaired) electrons. The minimum atomic E-state index is -0.931. The Balaban J connectivity index is 0.000000386. The van der Waals surface area contributed by atoms with Crippen LogP contribution in [0.2, 0.25) is 0 Å². The molecule has 1 aliphatic heterocycles. The predicted molar refractivity (Wildman–Crippen MR) is 73.6 cm³/mol. The van der Waals surface area contributed by atoms with E-state index in [1.165, 1.54) is 10.6 Å². The Morgan fingerprint density at radius 3 is 2.56 bits per heavy atom. The molecule has 0 spiro atoms. The molecule has 1 aromatic rings. The second-order valence-corrected chi connectivity index (χ2v) is 11.7. The molecule has 0 fully saturated rings. The summed E-state index contributed by atoms with van der Waals surface area (Å²) in [6.45, 7) is 0. The topological polar surface area (TPSA) is 15.6 Å². The second-order valence-electron chi connectivity index (χ2n) is 3.03. The zero-order valence-corrected chi connectivity index (χ0v) is 15.7. The van der Waals surface area contributed by atoms with E-state index < -0.39 is 24.1 Å². The first-order chi connectivity index (χ1) is 7.58. The quantitative estimate of drug-likeness (QED) is 0.525. The third-order valence-electron chi connectivity index (χ3n) is 1.79. The Morgan fingerprint density at radius 1 is 1.38 bits per heavy atom. The molecule has 0 aliphatic carbocycles. The van der Waals surface area contributed by atoms with E-state index in [0.29, 0.717) is 0 Å². The van der Waals surface area contributed by atoms with Crippen molar-refractivity contribution >= 4 is 61.2 Å². The van der Waals surface area contributed by atoms with Crippen LogP contribution in [0.1, 0.15) is 0 Å². The van der Waals surface area contributed by atoms with Gasteiger partial charge in [-0.1, -0.05) is 0 Å². The van der Waals surface area contributed by atoms with Crippen LogP contribution in [-0.2, 0) is 24.1 Å². The molecule has 0 saturated heterocycles. The van der Waals surface area contributed by atoms with E-state index in [-0.39, 0.29) is 0 Å². The molecule has 1 heterocycles. The molecule has 0 aromatic heterocycles. The molecule has 0 bridgehead atoms. The van der Waals surface area contributed by atoms with Gasteiger partial charge in [0, 0.05) is 24.7 Å². The first-order valence-electron chi connectivity index (χ1n) is 4.32. The molecule has 1 atom stereocenters. The van der Waals surface area contributed by atoms with Crippen molar-refractivity contribution < 1.29 is 15.1 Å². The van der Waals surface area contributed by atoms with Crippen LogP contribution in [0.5, 0.6) is 0 Å². The Morgan fingerprint density at radius 2 is 2.00 bits per heavy atom. The zero-order valence-electron chi connectivity index (χ0n) is 8.78. The van der Waals surface area contributed by atoms with Crippen molar-refractivity contribution in [2.45, 2.75) is 4.90 Å². The summed E-state index contributed by atoms with van der Waals surface area (Å²) in [5.74, 6) is 0. The fraction of sp³-hybridized carbons (Fsp3) is 0.250. The standard InChI is InChI=1S/C8H9ClN2S2.2ClH.Zn/c1-11(2)6-3-4-7-8(5-6)12-13(9)10-7;;;/h3-5H,1-2H3;2*1H;/q;;;+2/p-2. The average Bonchev–Trinajstić information content (AvgIpc) is 2.57. The molecule has 8 heteroatoms. The van der Waals surface area contributed by atoms with Crippen molar-refractivity contribution in [3.05, 3.63) is 18.2 Å². The molecule has 1 unspecified atom stereocenters. The van der Waals surface area contributed by atoms with Gasteiger partial charge in [0.25, 0.3) is 0 Å². The SMILES string of the molecule is CN(C)c1ccc2c(c1)SS(Cl)=N2.[Cl][Zn][Cl]. The van der Waals surface area contributed by atoms with E-state index in [2.05, 4.69) is 21.4 Å². The average molecular weight is 369 g/mol. The third-order valence-corrected chi connectivity index (χ3v) is 4.72. The van der Waals surface area contributed by atoms with Crippen molar-refractivity contribution in [2.24, 2.45) is 4.36 Å². The number of nitrogens with zero attached hydrogens (tertiary/aromatic N) is 2. The molecular weight excluding hydrogens is 360 g/mol. The monoisotopic (exact) mass is 366 g/mol. The molecule has 2 nitrogen and oxygen atoms in total. The molecule has 0 saturated carbocycles. The normalized spacial score (nSPS) is 16.4. The zero-order chi connectivity index (χ0) is 12.1. The van der Waals surface area contributed by atoms with Gasteiger partial charge in [0.2, 0.25) is 0 Å². The van der Waals surface area contributed by atoms with Crippen LogP contribution in [0.15, 0.2) is 27.5 Å². The van der Waals surface area contributed by atoms with Gasteiger partial charge >= 0.3 is 34.5 Å². The molecule has 0 N–H and O–H groups in total. The number of anilines is 1. The summed E-state index contributed by atoms with van der Waals surface area (Å²) in [7, 11) is 21.1. The van der Waals surface area contributed by atoms with E-state index in [9.17, 15) is 0 Å². The predicted octanol–water partition coefficient (Wildman–Crippen LogP) is 4.74. The van der Waals surface area contributed by atoms with Gasteiger partial charge in [-0.25, -0.2) is 4.36 Å². The number of benzene rings is 1. The van der Waals surface area contributed by atoms with Crippen LogP contribution in [0.25, 0.3) is 0 Å². The van der Waals surface area contributed by atoms with Gasteiger partial charge in [0.05, 0.1) is 14.6 Å². The van der Waals surface area contributed by atoms with Gasteiger partial charge in [0.1, 0.15) is 0 Å². The number of fused-ring (bicyclic) bond motifs is 1. The number of halogens is 3. The van der Waals surface area contributed by atoms with Gasteiger partial charge in [0.15, 0.2) is 0 Å². The van der Waals surface area contributed by atoms with Crippen LogP contribution >= 0.6 is 40.9 Å². The first kappa shape index (κ1) is 15.1. The second kappa shape index (κ2) is 7.45. The van der Waals surface area contributed by atoms with Crippen molar-refractivity contribution in [3.8, 4) is 0 Å². The molecule has 1 aliphatic rings. The van der Waals surface area contributed by atoms with Crippen LogP contribution < -0.4 is 4.90 Å². The van der Waals surface area contributed by atoms with Crippen LogP contribution in [0, 0.1) is 0 Å². The summed E-state index contributed by atoms with van der Waals surface area (Å²) < 4.78 is 4.29. The third kappa shape index (κ3) is 4.36. The summed E-state index contributed by atoms with van der Waals surface area (Å²) in [5.41, 5.74) is 2.21. The minimum absolute atomic E-state index is 0.395. The summed E-state index contributed by atoms with van der Waals surface area (Å²) in [6.07, 6.45) is 0. The van der Waals surface area contributed by atoms with Gasteiger partial charge in [-0.3, -0.25) is 0 Å². The number of hydrogen-bond donors (Lipinski definition) is 0. The number of rotatable bonds is 1. The summed E-state index contributed by atoms with van der Waals surface area (Å²) in [4.78, 5) is 3.26. The van der Waals surface area contributed by atoms with Crippen LogP contribution in [0.4, 0.5) is 11.4 Å². The first-order valence-corrected chi connectivity index (χ1v) is 15.5. The molecule has 0 amide bonds. The van der Waals surface area contributed by atoms with E-state index in [1.54, 1.807) is 10.8 Å². The Bertz CT molecular complexity index is 401.